The number of aliphatic hydroxyl groups excluding tert-OH is 1. The van der Waals surface area contributed by atoms with Crippen molar-refractivity contribution in [3.63, 3.8) is 0 Å². The van der Waals surface area contributed by atoms with E-state index in [-0.39, 0.29) is 24.1 Å². The SMILES string of the molecule is Cc1ccccc1C1=NO[C@H](CN(Cc2cccc(F)c2)C[C@H](O)COC(C)(C)C)C1. The Morgan fingerprint density at radius 2 is 2.00 bits per heavy atom. The van der Waals surface area contributed by atoms with Crippen LogP contribution in [0.5, 0.6) is 0 Å². The molecule has 31 heavy (non-hydrogen) atoms. The smallest absolute Gasteiger partial charge is 0.145 e. The molecule has 5 nitrogen and oxygen atoms in total. The predicted octanol–water partition coefficient (Wildman–Crippen LogP) is 4.31. The van der Waals surface area contributed by atoms with Gasteiger partial charge in [0.25, 0.3) is 0 Å². The Kier molecular flexibility index (Phi) is 7.81. The van der Waals surface area contributed by atoms with Crippen LogP contribution in [0, 0.1) is 12.7 Å². The summed E-state index contributed by atoms with van der Waals surface area (Å²) in [6, 6.07) is 14.7. The summed E-state index contributed by atoms with van der Waals surface area (Å²) < 4.78 is 19.4. The first-order valence-corrected chi connectivity index (χ1v) is 10.8. The molecule has 0 fully saturated rings. The van der Waals surface area contributed by atoms with Gasteiger partial charge in [-0.2, -0.15) is 0 Å². The van der Waals surface area contributed by atoms with Crippen molar-refractivity contribution < 1.29 is 19.1 Å². The number of ether oxygens (including phenoxy) is 1. The standard InChI is InChI=1S/C25H33FN2O3/c1-18-8-5-6-11-23(18)24-13-22(31-27-24)16-28(14-19-9-7-10-20(26)12-19)15-21(29)17-30-25(2,3)4/h5-12,21-22,29H,13-17H2,1-4H3/t21-,22-/m0/s1. The van der Waals surface area contributed by atoms with Gasteiger partial charge in [0.05, 0.1) is 24.0 Å². The van der Waals surface area contributed by atoms with Crippen molar-refractivity contribution in [1.82, 2.24) is 4.90 Å². The zero-order valence-corrected chi connectivity index (χ0v) is 18.8. The van der Waals surface area contributed by atoms with Gasteiger partial charge >= 0.3 is 0 Å². The Hall–Kier alpha value is -2.28. The molecule has 1 heterocycles. The lowest BCUT2D eigenvalue weighted by molar-refractivity contribution is -0.0600. The highest BCUT2D eigenvalue weighted by atomic mass is 19.1. The van der Waals surface area contributed by atoms with Crippen LogP contribution in [0.15, 0.2) is 53.7 Å². The highest BCUT2D eigenvalue weighted by molar-refractivity contribution is 6.02. The summed E-state index contributed by atoms with van der Waals surface area (Å²) in [5, 5.41) is 14.9. The molecule has 0 saturated heterocycles. The first kappa shape index (κ1) is 23.4. The number of aliphatic hydroxyl groups is 1. The number of oxime groups is 1. The lowest BCUT2D eigenvalue weighted by atomic mass is 10.00. The highest BCUT2D eigenvalue weighted by Gasteiger charge is 2.26. The van der Waals surface area contributed by atoms with E-state index in [0.717, 1.165) is 22.4 Å². The van der Waals surface area contributed by atoms with E-state index in [2.05, 4.69) is 29.1 Å². The monoisotopic (exact) mass is 428 g/mol. The highest BCUT2D eigenvalue weighted by Crippen LogP contribution is 2.21. The molecule has 1 aliphatic heterocycles. The van der Waals surface area contributed by atoms with E-state index in [1.165, 1.54) is 12.1 Å². The van der Waals surface area contributed by atoms with Crippen LogP contribution in [0.3, 0.4) is 0 Å². The Morgan fingerprint density at radius 1 is 1.23 bits per heavy atom. The molecular formula is C25H33FN2O3. The summed E-state index contributed by atoms with van der Waals surface area (Å²) in [5.41, 5.74) is 3.73. The van der Waals surface area contributed by atoms with Crippen molar-refractivity contribution in [2.75, 3.05) is 19.7 Å². The first-order chi connectivity index (χ1) is 14.7. The number of hydrogen-bond donors (Lipinski definition) is 1. The van der Waals surface area contributed by atoms with E-state index in [1.54, 1.807) is 6.07 Å². The zero-order valence-electron chi connectivity index (χ0n) is 18.8. The fraction of sp³-hybridized carbons (Fsp3) is 0.480. The normalized spacial score (nSPS) is 17.5. The van der Waals surface area contributed by atoms with Crippen molar-refractivity contribution >= 4 is 5.71 Å². The van der Waals surface area contributed by atoms with Gasteiger partial charge in [0.1, 0.15) is 11.9 Å². The second-order valence-corrected chi connectivity index (χ2v) is 9.19. The molecule has 2 atom stereocenters. The molecule has 0 amide bonds. The molecule has 1 aliphatic rings. The van der Waals surface area contributed by atoms with Crippen LogP contribution < -0.4 is 0 Å². The molecule has 1 N–H and O–H groups in total. The van der Waals surface area contributed by atoms with Crippen LogP contribution in [0.1, 0.15) is 43.9 Å². The van der Waals surface area contributed by atoms with E-state index in [4.69, 9.17) is 9.57 Å². The van der Waals surface area contributed by atoms with Crippen LogP contribution in [0.25, 0.3) is 0 Å². The molecule has 0 spiro atoms. The van der Waals surface area contributed by atoms with Crippen LogP contribution in [0.4, 0.5) is 4.39 Å². The van der Waals surface area contributed by atoms with Gasteiger partial charge in [0.15, 0.2) is 0 Å². The Labute approximate surface area is 184 Å². The van der Waals surface area contributed by atoms with Crippen molar-refractivity contribution in [2.24, 2.45) is 5.16 Å². The third kappa shape index (κ3) is 7.42. The van der Waals surface area contributed by atoms with Gasteiger partial charge in [0.2, 0.25) is 0 Å². The number of hydrogen-bond acceptors (Lipinski definition) is 5. The van der Waals surface area contributed by atoms with E-state index in [0.29, 0.717) is 26.1 Å². The van der Waals surface area contributed by atoms with Crippen LogP contribution >= 0.6 is 0 Å². The summed E-state index contributed by atoms with van der Waals surface area (Å²) in [4.78, 5) is 7.80. The predicted molar refractivity (Wildman–Crippen MR) is 121 cm³/mol. The van der Waals surface area contributed by atoms with Gasteiger partial charge in [-0.05, 0) is 51.0 Å². The summed E-state index contributed by atoms with van der Waals surface area (Å²) in [6.07, 6.45) is -0.0936. The molecule has 0 radical (unpaired) electrons. The lowest BCUT2D eigenvalue weighted by Crippen LogP contribution is -2.40. The largest absolute Gasteiger partial charge is 0.390 e. The third-order valence-corrected chi connectivity index (χ3v) is 5.12. The van der Waals surface area contributed by atoms with Crippen molar-refractivity contribution in [2.45, 2.75) is 58.5 Å². The van der Waals surface area contributed by atoms with Gasteiger partial charge in [-0.15, -0.1) is 0 Å². The summed E-state index contributed by atoms with van der Waals surface area (Å²) in [6.45, 7) is 9.65. The minimum atomic E-state index is -0.661. The molecule has 0 unspecified atom stereocenters. The van der Waals surface area contributed by atoms with E-state index >= 15 is 0 Å². The zero-order chi connectivity index (χ0) is 22.4. The molecule has 6 heteroatoms. The Balaban J connectivity index is 1.64. The average molecular weight is 429 g/mol. The fourth-order valence-electron chi connectivity index (χ4n) is 3.66. The van der Waals surface area contributed by atoms with E-state index in [1.807, 2.05) is 39.0 Å². The van der Waals surface area contributed by atoms with Gasteiger partial charge in [-0.25, -0.2) is 4.39 Å². The summed E-state index contributed by atoms with van der Waals surface area (Å²) >= 11 is 0. The van der Waals surface area contributed by atoms with Crippen LogP contribution in [-0.2, 0) is 16.1 Å². The topological polar surface area (TPSA) is 54.3 Å². The molecule has 0 aliphatic carbocycles. The van der Waals surface area contributed by atoms with E-state index < -0.39 is 6.10 Å². The Morgan fingerprint density at radius 3 is 2.71 bits per heavy atom. The van der Waals surface area contributed by atoms with Gasteiger partial charge in [-0.1, -0.05) is 41.6 Å². The molecule has 2 aromatic carbocycles. The molecule has 3 rings (SSSR count). The van der Waals surface area contributed by atoms with Crippen molar-refractivity contribution in [3.8, 4) is 0 Å². The number of halogens is 1. The maximum Gasteiger partial charge on any atom is 0.145 e. The number of nitrogens with zero attached hydrogens (tertiary/aromatic N) is 2. The van der Waals surface area contributed by atoms with Gasteiger partial charge < -0.3 is 14.7 Å². The van der Waals surface area contributed by atoms with Crippen molar-refractivity contribution in [1.29, 1.82) is 0 Å². The number of rotatable bonds is 9. The molecule has 0 saturated carbocycles. The first-order valence-electron chi connectivity index (χ1n) is 10.8. The molecule has 0 bridgehead atoms. The third-order valence-electron chi connectivity index (χ3n) is 5.12. The maximum atomic E-state index is 13.7. The fourth-order valence-corrected chi connectivity index (χ4v) is 3.66. The quantitative estimate of drug-likeness (QED) is 0.647. The molecule has 0 aromatic heterocycles. The minimum Gasteiger partial charge on any atom is -0.390 e. The van der Waals surface area contributed by atoms with Gasteiger partial charge in [0, 0.05) is 31.6 Å². The second kappa shape index (κ2) is 10.4. The number of aryl methyl sites for hydroxylation is 1. The maximum absolute atomic E-state index is 13.7. The van der Waals surface area contributed by atoms with Crippen molar-refractivity contribution in [3.05, 3.63) is 71.0 Å². The second-order valence-electron chi connectivity index (χ2n) is 9.19. The molecule has 168 valence electrons. The average Bonchev–Trinajstić information content (AvgIpc) is 3.14. The summed E-state index contributed by atoms with van der Waals surface area (Å²) in [5.74, 6) is -0.267. The number of benzene rings is 2. The van der Waals surface area contributed by atoms with Gasteiger partial charge in [-0.3, -0.25) is 4.90 Å². The van der Waals surface area contributed by atoms with E-state index in [9.17, 15) is 9.50 Å². The molecular weight excluding hydrogens is 395 g/mol. The minimum absolute atomic E-state index is 0.126. The Bertz CT molecular complexity index is 894. The van der Waals surface area contributed by atoms with Crippen LogP contribution in [-0.4, -0.2) is 53.2 Å². The molecule has 2 aromatic rings. The summed E-state index contributed by atoms with van der Waals surface area (Å²) in [7, 11) is 0. The lowest BCUT2D eigenvalue weighted by Gasteiger charge is -2.28. The van der Waals surface area contributed by atoms with Crippen LogP contribution in [0.2, 0.25) is 0 Å².